The Kier molecular flexibility index (Phi) is 3.71. The summed E-state index contributed by atoms with van der Waals surface area (Å²) < 4.78 is 5.02. The standard InChI is InChI=1S/C10H15NO3/c1-7(6-12)5-11-10(13)9-8(2)3-4-14-9/h3-4,7,12H,5-6H2,1-2H3,(H,11,13). The van der Waals surface area contributed by atoms with Gasteiger partial charge in [-0.3, -0.25) is 4.79 Å². The fourth-order valence-electron chi connectivity index (χ4n) is 1.02. The van der Waals surface area contributed by atoms with Crippen molar-refractivity contribution in [1.82, 2.24) is 5.32 Å². The van der Waals surface area contributed by atoms with Crippen molar-refractivity contribution < 1.29 is 14.3 Å². The first-order valence-electron chi connectivity index (χ1n) is 4.58. The first-order valence-corrected chi connectivity index (χ1v) is 4.58. The molecule has 78 valence electrons. The van der Waals surface area contributed by atoms with Crippen LogP contribution in [0.25, 0.3) is 0 Å². The highest BCUT2D eigenvalue weighted by Gasteiger charge is 2.12. The minimum Gasteiger partial charge on any atom is -0.459 e. The predicted molar refractivity (Wildman–Crippen MR) is 52.0 cm³/mol. The average Bonchev–Trinajstić information content (AvgIpc) is 2.60. The van der Waals surface area contributed by atoms with Gasteiger partial charge in [-0.2, -0.15) is 0 Å². The number of carbonyl (C=O) groups is 1. The summed E-state index contributed by atoms with van der Waals surface area (Å²) >= 11 is 0. The van der Waals surface area contributed by atoms with Crippen molar-refractivity contribution in [3.05, 3.63) is 23.7 Å². The van der Waals surface area contributed by atoms with Gasteiger partial charge in [-0.05, 0) is 18.9 Å². The first-order chi connectivity index (χ1) is 6.65. The zero-order valence-corrected chi connectivity index (χ0v) is 8.41. The van der Waals surface area contributed by atoms with Crippen LogP contribution < -0.4 is 5.32 Å². The molecule has 0 radical (unpaired) electrons. The lowest BCUT2D eigenvalue weighted by molar-refractivity contribution is 0.0913. The fourth-order valence-corrected chi connectivity index (χ4v) is 1.02. The van der Waals surface area contributed by atoms with E-state index in [2.05, 4.69) is 5.32 Å². The molecule has 0 fully saturated rings. The third-order valence-corrected chi connectivity index (χ3v) is 1.99. The Balaban J connectivity index is 2.47. The van der Waals surface area contributed by atoms with Crippen molar-refractivity contribution in [3.8, 4) is 0 Å². The van der Waals surface area contributed by atoms with Crippen LogP contribution in [0.4, 0.5) is 0 Å². The number of amides is 1. The van der Waals surface area contributed by atoms with Crippen molar-refractivity contribution in [2.45, 2.75) is 13.8 Å². The molecule has 0 aromatic carbocycles. The molecule has 1 aromatic rings. The van der Waals surface area contributed by atoms with Crippen LogP contribution in [0.15, 0.2) is 16.7 Å². The second kappa shape index (κ2) is 4.81. The Hall–Kier alpha value is -1.29. The van der Waals surface area contributed by atoms with Crippen LogP contribution in [0.1, 0.15) is 23.0 Å². The van der Waals surface area contributed by atoms with Gasteiger partial charge in [0.25, 0.3) is 5.91 Å². The first kappa shape index (κ1) is 10.8. The Morgan fingerprint density at radius 2 is 2.43 bits per heavy atom. The highest BCUT2D eigenvalue weighted by molar-refractivity contribution is 5.92. The lowest BCUT2D eigenvalue weighted by Crippen LogP contribution is -2.29. The van der Waals surface area contributed by atoms with Gasteiger partial charge >= 0.3 is 0 Å². The zero-order valence-electron chi connectivity index (χ0n) is 8.41. The van der Waals surface area contributed by atoms with Crippen molar-refractivity contribution in [3.63, 3.8) is 0 Å². The monoisotopic (exact) mass is 197 g/mol. The van der Waals surface area contributed by atoms with Crippen molar-refractivity contribution in [2.24, 2.45) is 5.92 Å². The molecule has 0 aliphatic rings. The molecule has 4 heteroatoms. The number of rotatable bonds is 4. The molecule has 1 aromatic heterocycles. The SMILES string of the molecule is Cc1ccoc1C(=O)NCC(C)CO. The summed E-state index contributed by atoms with van der Waals surface area (Å²) in [5.74, 6) is 0.178. The molecule has 1 amide bonds. The number of aryl methyl sites for hydroxylation is 1. The number of furan rings is 1. The van der Waals surface area contributed by atoms with Gasteiger partial charge in [-0.25, -0.2) is 0 Å². The van der Waals surface area contributed by atoms with Crippen LogP contribution in [0, 0.1) is 12.8 Å². The zero-order chi connectivity index (χ0) is 10.6. The van der Waals surface area contributed by atoms with E-state index in [0.29, 0.717) is 12.3 Å². The number of carbonyl (C=O) groups excluding carboxylic acids is 1. The fraction of sp³-hybridized carbons (Fsp3) is 0.500. The lowest BCUT2D eigenvalue weighted by Gasteiger charge is -2.08. The van der Waals surface area contributed by atoms with Gasteiger partial charge in [-0.1, -0.05) is 6.92 Å². The predicted octanol–water partition coefficient (Wildman–Crippen LogP) is 0.946. The molecular weight excluding hydrogens is 182 g/mol. The van der Waals surface area contributed by atoms with Crippen LogP contribution in [0.3, 0.4) is 0 Å². The van der Waals surface area contributed by atoms with Gasteiger partial charge in [0.05, 0.1) is 6.26 Å². The molecule has 0 aliphatic carbocycles. The number of aliphatic hydroxyl groups excluding tert-OH is 1. The van der Waals surface area contributed by atoms with E-state index in [1.807, 2.05) is 13.8 Å². The van der Waals surface area contributed by atoms with E-state index < -0.39 is 0 Å². The van der Waals surface area contributed by atoms with E-state index >= 15 is 0 Å². The van der Waals surface area contributed by atoms with E-state index in [-0.39, 0.29) is 18.4 Å². The second-order valence-electron chi connectivity index (χ2n) is 3.43. The molecule has 0 aliphatic heterocycles. The largest absolute Gasteiger partial charge is 0.459 e. The lowest BCUT2D eigenvalue weighted by atomic mass is 10.2. The smallest absolute Gasteiger partial charge is 0.287 e. The molecule has 1 unspecified atom stereocenters. The van der Waals surface area contributed by atoms with Gasteiger partial charge in [0.2, 0.25) is 0 Å². The number of hydrogen-bond acceptors (Lipinski definition) is 3. The molecule has 2 N–H and O–H groups in total. The second-order valence-corrected chi connectivity index (χ2v) is 3.43. The van der Waals surface area contributed by atoms with Crippen LogP contribution in [0.5, 0.6) is 0 Å². The molecule has 1 atom stereocenters. The summed E-state index contributed by atoms with van der Waals surface area (Å²) in [4.78, 5) is 11.5. The van der Waals surface area contributed by atoms with Gasteiger partial charge in [0, 0.05) is 18.7 Å². The molecule has 1 heterocycles. The van der Waals surface area contributed by atoms with Crippen LogP contribution >= 0.6 is 0 Å². The van der Waals surface area contributed by atoms with Crippen LogP contribution in [0.2, 0.25) is 0 Å². The van der Waals surface area contributed by atoms with E-state index in [1.165, 1.54) is 6.26 Å². The van der Waals surface area contributed by atoms with E-state index in [0.717, 1.165) is 5.56 Å². The Labute approximate surface area is 82.9 Å². The molecular formula is C10H15NO3. The maximum atomic E-state index is 11.5. The average molecular weight is 197 g/mol. The molecule has 0 saturated heterocycles. The number of hydrogen-bond donors (Lipinski definition) is 2. The minimum absolute atomic E-state index is 0.0641. The summed E-state index contributed by atoms with van der Waals surface area (Å²) in [6.07, 6.45) is 1.49. The molecule has 1 rings (SSSR count). The number of nitrogens with one attached hydrogen (secondary N) is 1. The Bertz CT molecular complexity index is 306. The summed E-state index contributed by atoms with van der Waals surface area (Å²) in [6, 6.07) is 1.74. The molecule has 0 saturated carbocycles. The quantitative estimate of drug-likeness (QED) is 0.755. The third kappa shape index (κ3) is 2.60. The maximum absolute atomic E-state index is 11.5. The van der Waals surface area contributed by atoms with Gasteiger partial charge in [0.1, 0.15) is 0 Å². The van der Waals surface area contributed by atoms with Gasteiger partial charge in [0.15, 0.2) is 5.76 Å². The topological polar surface area (TPSA) is 62.5 Å². The van der Waals surface area contributed by atoms with Crippen LogP contribution in [-0.2, 0) is 0 Å². The van der Waals surface area contributed by atoms with Gasteiger partial charge in [-0.15, -0.1) is 0 Å². The molecule has 0 bridgehead atoms. The minimum atomic E-state index is -0.229. The highest BCUT2D eigenvalue weighted by Crippen LogP contribution is 2.08. The van der Waals surface area contributed by atoms with Crippen molar-refractivity contribution in [2.75, 3.05) is 13.2 Å². The van der Waals surface area contributed by atoms with Crippen molar-refractivity contribution >= 4 is 5.91 Å². The maximum Gasteiger partial charge on any atom is 0.287 e. The summed E-state index contributed by atoms with van der Waals surface area (Å²) in [5.41, 5.74) is 0.819. The van der Waals surface area contributed by atoms with Crippen LogP contribution in [-0.4, -0.2) is 24.2 Å². The molecule has 0 spiro atoms. The highest BCUT2D eigenvalue weighted by atomic mass is 16.3. The molecule has 14 heavy (non-hydrogen) atoms. The summed E-state index contributed by atoms with van der Waals surface area (Å²) in [5, 5.41) is 11.4. The van der Waals surface area contributed by atoms with Crippen molar-refractivity contribution in [1.29, 1.82) is 0 Å². The normalized spacial score (nSPS) is 12.5. The number of aliphatic hydroxyl groups is 1. The summed E-state index contributed by atoms with van der Waals surface area (Å²) in [7, 11) is 0. The molecule has 4 nitrogen and oxygen atoms in total. The van der Waals surface area contributed by atoms with E-state index in [4.69, 9.17) is 9.52 Å². The van der Waals surface area contributed by atoms with E-state index in [1.54, 1.807) is 6.07 Å². The Morgan fingerprint density at radius 1 is 1.71 bits per heavy atom. The third-order valence-electron chi connectivity index (χ3n) is 1.99. The van der Waals surface area contributed by atoms with E-state index in [9.17, 15) is 4.79 Å². The van der Waals surface area contributed by atoms with Gasteiger partial charge < -0.3 is 14.8 Å². The Morgan fingerprint density at radius 3 is 2.93 bits per heavy atom. The summed E-state index contributed by atoms with van der Waals surface area (Å²) in [6.45, 7) is 4.19.